The average Bonchev–Trinajstić information content (AvgIpc) is 2.91. The lowest BCUT2D eigenvalue weighted by Crippen LogP contribution is -2.27. The van der Waals surface area contributed by atoms with E-state index in [4.69, 9.17) is 29.4 Å². The summed E-state index contributed by atoms with van der Waals surface area (Å²) in [4.78, 5) is 27.3. The molecule has 0 aliphatic carbocycles. The molecule has 0 saturated carbocycles. The van der Waals surface area contributed by atoms with Gasteiger partial charge in [0.25, 0.3) is 5.56 Å². The number of anilines is 1. The predicted molar refractivity (Wildman–Crippen MR) is 145 cm³/mol. The number of methoxy groups -OCH3 is 5. The number of benzene rings is 3. The quantitative estimate of drug-likeness (QED) is 0.249. The van der Waals surface area contributed by atoms with Gasteiger partial charge in [0.1, 0.15) is 5.69 Å². The van der Waals surface area contributed by atoms with E-state index in [9.17, 15) is 9.59 Å². The third-order valence-electron chi connectivity index (χ3n) is 5.94. The average molecular weight is 569 g/mol. The summed E-state index contributed by atoms with van der Waals surface area (Å²) in [6.45, 7) is 0. The number of fused-ring (bicyclic) bond motifs is 1. The zero-order valence-corrected chi connectivity index (χ0v) is 22.5. The Morgan fingerprint density at radius 1 is 0.811 bits per heavy atom. The Balaban J connectivity index is 2.29. The third kappa shape index (κ3) is 4.44. The Hall–Kier alpha value is -4.18. The highest BCUT2D eigenvalue weighted by molar-refractivity contribution is 9.10. The van der Waals surface area contributed by atoms with Crippen LogP contribution in [0.25, 0.3) is 27.6 Å². The lowest BCUT2D eigenvalue weighted by atomic mass is 9.95. The highest BCUT2D eigenvalue weighted by Gasteiger charge is 2.27. The Morgan fingerprint density at radius 2 is 1.41 bits per heavy atom. The number of ether oxygens (including phenoxy) is 5. The second-order valence-corrected chi connectivity index (χ2v) is 8.75. The number of aromatic nitrogens is 1. The van der Waals surface area contributed by atoms with E-state index in [0.717, 1.165) is 0 Å². The molecule has 0 aliphatic rings. The van der Waals surface area contributed by atoms with Crippen LogP contribution in [0.15, 0.2) is 57.8 Å². The summed E-state index contributed by atoms with van der Waals surface area (Å²) in [5.41, 5.74) is 7.35. The summed E-state index contributed by atoms with van der Waals surface area (Å²) < 4.78 is 29.1. The fraction of sp³-hybridized carbons (Fsp3) is 0.185. The van der Waals surface area contributed by atoms with Gasteiger partial charge < -0.3 is 29.4 Å². The van der Waals surface area contributed by atoms with E-state index in [2.05, 4.69) is 15.9 Å². The van der Waals surface area contributed by atoms with Crippen molar-refractivity contribution in [2.24, 2.45) is 0 Å². The molecular weight excluding hydrogens is 544 g/mol. The van der Waals surface area contributed by atoms with Crippen molar-refractivity contribution in [1.29, 1.82) is 0 Å². The molecule has 0 aliphatic heterocycles. The van der Waals surface area contributed by atoms with Crippen LogP contribution in [-0.2, 0) is 4.74 Å². The van der Waals surface area contributed by atoms with Crippen molar-refractivity contribution < 1.29 is 28.5 Å². The highest BCUT2D eigenvalue weighted by atomic mass is 79.9. The van der Waals surface area contributed by atoms with Gasteiger partial charge in [-0.15, -0.1) is 0 Å². The Bertz CT molecular complexity index is 1560. The molecule has 192 valence electrons. The zero-order valence-electron chi connectivity index (χ0n) is 20.9. The van der Waals surface area contributed by atoms with Crippen LogP contribution in [0.2, 0.25) is 0 Å². The number of nitrogens with two attached hydrogens (primary N) is 1. The number of nitrogen functional groups attached to an aromatic ring is 1. The molecule has 10 heteroatoms. The molecule has 0 saturated heterocycles. The molecule has 0 atom stereocenters. The van der Waals surface area contributed by atoms with Gasteiger partial charge >= 0.3 is 5.97 Å². The molecular formula is C27H25BrN2O7. The Morgan fingerprint density at radius 3 is 1.95 bits per heavy atom. The maximum atomic E-state index is 14.0. The van der Waals surface area contributed by atoms with Crippen LogP contribution in [0.1, 0.15) is 10.5 Å². The van der Waals surface area contributed by atoms with Gasteiger partial charge in [0, 0.05) is 22.3 Å². The largest absolute Gasteiger partial charge is 0.493 e. The maximum absolute atomic E-state index is 14.0. The number of esters is 1. The van der Waals surface area contributed by atoms with Crippen molar-refractivity contribution in [3.05, 3.63) is 69.1 Å². The number of carbonyl (C=O) groups is 1. The number of rotatable bonds is 7. The van der Waals surface area contributed by atoms with Gasteiger partial charge in [0.05, 0.1) is 45.4 Å². The van der Waals surface area contributed by atoms with Crippen LogP contribution in [0.4, 0.5) is 5.69 Å². The van der Waals surface area contributed by atoms with Gasteiger partial charge in [-0.3, -0.25) is 9.36 Å². The van der Waals surface area contributed by atoms with E-state index < -0.39 is 11.5 Å². The molecule has 0 bridgehead atoms. The summed E-state index contributed by atoms with van der Waals surface area (Å²) in [7, 11) is 7.27. The molecule has 1 aromatic heterocycles. The SMILES string of the molecule is COC(=O)c1c(-c2cc(Br)c(OC)c(OC)c2)c2cc(OC)c(OC)cc2c(=O)n1-c1ccc(N)cc1. The molecule has 4 rings (SSSR count). The van der Waals surface area contributed by atoms with Crippen molar-refractivity contribution in [3.8, 4) is 39.8 Å². The summed E-state index contributed by atoms with van der Waals surface area (Å²) in [6, 6.07) is 13.4. The number of hydrogen-bond acceptors (Lipinski definition) is 8. The van der Waals surface area contributed by atoms with Crippen LogP contribution in [-0.4, -0.2) is 46.1 Å². The monoisotopic (exact) mass is 568 g/mol. The smallest absolute Gasteiger partial charge is 0.355 e. The van der Waals surface area contributed by atoms with Gasteiger partial charge in [0.2, 0.25) is 0 Å². The summed E-state index contributed by atoms with van der Waals surface area (Å²) >= 11 is 3.53. The van der Waals surface area contributed by atoms with E-state index in [1.165, 1.54) is 40.1 Å². The van der Waals surface area contributed by atoms with Crippen LogP contribution < -0.4 is 30.2 Å². The van der Waals surface area contributed by atoms with E-state index >= 15 is 0 Å². The van der Waals surface area contributed by atoms with Crippen molar-refractivity contribution >= 4 is 38.4 Å². The first-order valence-corrected chi connectivity index (χ1v) is 11.8. The summed E-state index contributed by atoms with van der Waals surface area (Å²) in [5, 5.41) is 0.747. The van der Waals surface area contributed by atoms with Gasteiger partial charge in [-0.05, 0) is 70.0 Å². The van der Waals surface area contributed by atoms with Crippen molar-refractivity contribution in [2.45, 2.75) is 0 Å². The van der Waals surface area contributed by atoms with Crippen molar-refractivity contribution in [3.63, 3.8) is 0 Å². The normalized spacial score (nSPS) is 10.8. The number of hydrogen-bond donors (Lipinski definition) is 1. The van der Waals surface area contributed by atoms with Gasteiger partial charge in [-0.2, -0.15) is 0 Å². The van der Waals surface area contributed by atoms with E-state index in [0.29, 0.717) is 60.7 Å². The summed E-state index contributed by atoms with van der Waals surface area (Å²) in [5.74, 6) is 0.923. The molecule has 37 heavy (non-hydrogen) atoms. The minimum atomic E-state index is -0.716. The lowest BCUT2D eigenvalue weighted by Gasteiger charge is -2.21. The molecule has 2 N–H and O–H groups in total. The standard InChI is InChI=1S/C27H25BrN2O7/c1-33-20-12-17-18(13-21(20)34-2)26(31)30(16-8-6-15(29)7-9-16)24(27(32)37-5)23(17)14-10-19(28)25(36-4)22(11-14)35-3/h6-13H,29H2,1-5H3. The summed E-state index contributed by atoms with van der Waals surface area (Å²) in [6.07, 6.45) is 0. The number of carbonyl (C=O) groups excluding carboxylic acids is 1. The van der Waals surface area contributed by atoms with Crippen molar-refractivity contribution in [1.82, 2.24) is 4.57 Å². The number of nitrogens with zero attached hydrogens (tertiary/aromatic N) is 1. The van der Waals surface area contributed by atoms with E-state index in [-0.39, 0.29) is 5.69 Å². The van der Waals surface area contributed by atoms with Gasteiger partial charge in [-0.1, -0.05) is 0 Å². The lowest BCUT2D eigenvalue weighted by molar-refractivity contribution is 0.0591. The molecule has 0 unspecified atom stereocenters. The molecule has 4 aromatic rings. The van der Waals surface area contributed by atoms with Crippen LogP contribution in [0.5, 0.6) is 23.0 Å². The topological polar surface area (TPSA) is 111 Å². The van der Waals surface area contributed by atoms with Gasteiger partial charge in [-0.25, -0.2) is 4.79 Å². The molecule has 0 spiro atoms. The van der Waals surface area contributed by atoms with Crippen molar-refractivity contribution in [2.75, 3.05) is 41.3 Å². The molecule has 0 amide bonds. The first-order chi connectivity index (χ1) is 17.8. The van der Waals surface area contributed by atoms with Crippen LogP contribution in [0.3, 0.4) is 0 Å². The zero-order chi connectivity index (χ0) is 26.9. The Labute approximate surface area is 221 Å². The fourth-order valence-electron chi connectivity index (χ4n) is 4.24. The van der Waals surface area contributed by atoms with Gasteiger partial charge in [0.15, 0.2) is 23.0 Å². The molecule has 9 nitrogen and oxygen atoms in total. The minimum Gasteiger partial charge on any atom is -0.493 e. The number of pyridine rings is 1. The molecule has 0 radical (unpaired) electrons. The van der Waals surface area contributed by atoms with E-state index in [1.54, 1.807) is 48.5 Å². The number of halogens is 1. The first kappa shape index (κ1) is 25.9. The van der Waals surface area contributed by atoms with Crippen LogP contribution >= 0.6 is 15.9 Å². The Kier molecular flexibility index (Phi) is 7.30. The minimum absolute atomic E-state index is 0.0103. The third-order valence-corrected chi connectivity index (χ3v) is 6.53. The maximum Gasteiger partial charge on any atom is 0.355 e. The second-order valence-electron chi connectivity index (χ2n) is 7.89. The van der Waals surface area contributed by atoms with Crippen LogP contribution in [0, 0.1) is 0 Å². The first-order valence-electron chi connectivity index (χ1n) is 11.0. The predicted octanol–water partition coefficient (Wildman–Crippen LogP) is 4.82. The highest BCUT2D eigenvalue weighted by Crippen LogP contribution is 2.44. The van der Waals surface area contributed by atoms with E-state index in [1.807, 2.05) is 0 Å². The molecule has 1 heterocycles. The molecule has 3 aromatic carbocycles. The molecule has 0 fully saturated rings. The second kappa shape index (κ2) is 10.4. The fourth-order valence-corrected chi connectivity index (χ4v) is 4.84.